The number of aliphatic hydroxyl groups is 4. The molecule has 228 valence electrons. The van der Waals surface area contributed by atoms with Crippen molar-refractivity contribution in [2.24, 2.45) is 0 Å². The van der Waals surface area contributed by atoms with E-state index in [2.05, 4.69) is 0 Å². The monoisotopic (exact) mass is 595 g/mol. The summed E-state index contributed by atoms with van der Waals surface area (Å²) in [7, 11) is 0. The number of likely N-dealkylation sites (tertiary alicyclic amines) is 1. The number of hydrogen-bond donors (Lipinski definition) is 8. The summed E-state index contributed by atoms with van der Waals surface area (Å²) in [5.74, 6) is -15.6. The van der Waals surface area contributed by atoms with Crippen molar-refractivity contribution in [2.75, 3.05) is 32.8 Å². The highest BCUT2D eigenvalue weighted by atomic mass is 19.1. The molecule has 1 aromatic rings. The zero-order valence-corrected chi connectivity index (χ0v) is 22.3. The molecule has 0 saturated carbocycles. The highest BCUT2D eigenvalue weighted by Gasteiger charge is 2.67. The van der Waals surface area contributed by atoms with Crippen molar-refractivity contribution in [1.29, 1.82) is 0 Å². The molecule has 16 heteroatoms. The Morgan fingerprint density at radius 2 is 1.69 bits per heavy atom. The van der Waals surface area contributed by atoms with Gasteiger partial charge < -0.3 is 50.1 Å². The van der Waals surface area contributed by atoms with E-state index in [0.717, 1.165) is 6.26 Å². The molecule has 3 amide bonds. The number of carbonyl (C=O) groups is 3. The summed E-state index contributed by atoms with van der Waals surface area (Å²) in [6, 6.07) is -2.35. The Labute approximate surface area is 237 Å². The summed E-state index contributed by atoms with van der Waals surface area (Å²) in [6.45, 7) is 1.98. The maximum Gasteiger partial charge on any atom is 0.303 e. The first kappa shape index (κ1) is 30.9. The topological polar surface area (TPSA) is 230 Å². The molecule has 1 aromatic carbocycles. The van der Waals surface area contributed by atoms with Crippen molar-refractivity contribution in [2.45, 2.75) is 37.7 Å². The fourth-order valence-corrected chi connectivity index (χ4v) is 4.75. The van der Waals surface area contributed by atoms with Gasteiger partial charge in [0.1, 0.15) is 6.61 Å². The van der Waals surface area contributed by atoms with E-state index in [0.29, 0.717) is 31.2 Å². The first-order valence-electron chi connectivity index (χ1n) is 12.7. The SMILES string of the molecule is C\C=C/C=C1/C(=O)N(C2C(=O)NC(=O)C(O)(O)C2(O)O)C/C1=C\OCc1c(O)c(O)c(CN2CCOCC2)c(O)c1F. The molecule has 0 aromatic heterocycles. The van der Waals surface area contributed by atoms with Gasteiger partial charge in [-0.2, -0.15) is 0 Å². The van der Waals surface area contributed by atoms with Crippen LogP contribution in [0.4, 0.5) is 4.39 Å². The Morgan fingerprint density at radius 1 is 1.05 bits per heavy atom. The maximum absolute atomic E-state index is 15.1. The molecule has 0 bridgehead atoms. The number of nitrogens with zero attached hydrogens (tertiary/aromatic N) is 2. The third-order valence-corrected chi connectivity index (χ3v) is 7.13. The van der Waals surface area contributed by atoms with Gasteiger partial charge >= 0.3 is 5.79 Å². The summed E-state index contributed by atoms with van der Waals surface area (Å²) < 4.78 is 25.7. The number of benzene rings is 1. The van der Waals surface area contributed by atoms with E-state index < -0.39 is 77.1 Å². The van der Waals surface area contributed by atoms with Crippen LogP contribution in [0.15, 0.2) is 35.6 Å². The highest BCUT2D eigenvalue weighted by Crippen LogP contribution is 2.43. The Kier molecular flexibility index (Phi) is 8.58. The van der Waals surface area contributed by atoms with Crippen LogP contribution in [-0.4, -0.2) is 114 Å². The molecule has 3 fully saturated rings. The van der Waals surface area contributed by atoms with Crippen LogP contribution in [-0.2, 0) is 37.0 Å². The number of imide groups is 1. The lowest BCUT2D eigenvalue weighted by Gasteiger charge is -2.44. The van der Waals surface area contributed by atoms with E-state index >= 15 is 4.39 Å². The largest absolute Gasteiger partial charge is 0.504 e. The van der Waals surface area contributed by atoms with Crippen LogP contribution in [0.3, 0.4) is 0 Å². The van der Waals surface area contributed by atoms with Gasteiger partial charge in [0.25, 0.3) is 23.5 Å². The highest BCUT2D eigenvalue weighted by molar-refractivity contribution is 6.09. The van der Waals surface area contributed by atoms with E-state index in [4.69, 9.17) is 9.47 Å². The van der Waals surface area contributed by atoms with Gasteiger partial charge in [-0.3, -0.25) is 24.6 Å². The number of nitrogens with one attached hydrogen (secondary N) is 1. The number of aromatic hydroxyl groups is 3. The molecule has 0 spiro atoms. The van der Waals surface area contributed by atoms with Gasteiger partial charge in [-0.1, -0.05) is 12.2 Å². The Balaban J connectivity index is 1.60. The van der Waals surface area contributed by atoms with Crippen LogP contribution in [0.1, 0.15) is 18.1 Å². The van der Waals surface area contributed by atoms with Gasteiger partial charge in [0.2, 0.25) is 0 Å². The first-order chi connectivity index (χ1) is 19.7. The molecule has 4 rings (SSSR count). The van der Waals surface area contributed by atoms with Crippen molar-refractivity contribution in [3.8, 4) is 17.2 Å². The zero-order chi connectivity index (χ0) is 31.0. The number of ether oxygens (including phenoxy) is 2. The van der Waals surface area contributed by atoms with Gasteiger partial charge in [-0.15, -0.1) is 0 Å². The molecule has 0 aliphatic carbocycles. The van der Waals surface area contributed by atoms with E-state index in [1.54, 1.807) is 23.2 Å². The molecule has 3 heterocycles. The third-order valence-electron chi connectivity index (χ3n) is 7.13. The van der Waals surface area contributed by atoms with Crippen LogP contribution in [0.25, 0.3) is 0 Å². The van der Waals surface area contributed by atoms with Crippen molar-refractivity contribution < 1.29 is 64.0 Å². The smallest absolute Gasteiger partial charge is 0.303 e. The number of phenols is 3. The van der Waals surface area contributed by atoms with Gasteiger partial charge in [0, 0.05) is 30.8 Å². The molecular formula is C26H30FN3O12. The third kappa shape index (κ3) is 5.31. The van der Waals surface area contributed by atoms with E-state index in [-0.39, 0.29) is 23.3 Å². The van der Waals surface area contributed by atoms with E-state index in [9.17, 15) is 50.1 Å². The molecule has 15 nitrogen and oxygen atoms in total. The Hall–Kier alpha value is -4.06. The molecule has 42 heavy (non-hydrogen) atoms. The van der Waals surface area contributed by atoms with Crippen LogP contribution < -0.4 is 5.32 Å². The van der Waals surface area contributed by atoms with Gasteiger partial charge in [-0.25, -0.2) is 4.39 Å². The lowest BCUT2D eigenvalue weighted by Crippen LogP contribution is -2.79. The molecule has 3 aliphatic rings. The number of rotatable bonds is 7. The summed E-state index contributed by atoms with van der Waals surface area (Å²) in [6.07, 6.45) is 5.19. The average molecular weight is 596 g/mol. The van der Waals surface area contributed by atoms with Crippen LogP contribution in [0.2, 0.25) is 0 Å². The fraction of sp³-hybridized carbons (Fsp3) is 0.423. The summed E-state index contributed by atoms with van der Waals surface area (Å²) >= 11 is 0. The van der Waals surface area contributed by atoms with E-state index in [1.807, 2.05) is 0 Å². The van der Waals surface area contributed by atoms with Crippen LogP contribution in [0, 0.1) is 5.82 Å². The number of carbonyl (C=O) groups excluding carboxylic acids is 3. The minimum Gasteiger partial charge on any atom is -0.504 e. The molecule has 1 atom stereocenters. The summed E-state index contributed by atoms with van der Waals surface area (Å²) in [4.78, 5) is 39.8. The van der Waals surface area contributed by atoms with Crippen molar-refractivity contribution in [3.63, 3.8) is 0 Å². The van der Waals surface area contributed by atoms with Gasteiger partial charge in [-0.05, 0) is 13.0 Å². The lowest BCUT2D eigenvalue weighted by atomic mass is 9.90. The number of morpholine rings is 1. The minimum atomic E-state index is -3.85. The van der Waals surface area contributed by atoms with Crippen molar-refractivity contribution >= 4 is 17.7 Å². The standard InChI is InChI=1S/C26H30FN3O12/c1-2-3-4-14-13(9-30(23(14)35)21-22(34)28-24(36)26(39,40)25(21,37)38)11-42-12-16-17(27)18(31)15(19(32)20(16)33)10-29-5-7-41-8-6-29/h2-4,11,21,31-33,37-40H,5-10,12H2,1H3,(H,28,34,36)/b3-2-,13-11+,14-4+. The Bertz CT molecular complexity index is 1350. The lowest BCUT2D eigenvalue weighted by molar-refractivity contribution is -0.355. The number of piperidine rings is 1. The quantitative estimate of drug-likeness (QED) is 0.0423. The zero-order valence-electron chi connectivity index (χ0n) is 22.3. The fourth-order valence-electron chi connectivity index (χ4n) is 4.75. The molecular weight excluding hydrogens is 565 g/mol. The summed E-state index contributed by atoms with van der Waals surface area (Å²) in [5.41, 5.74) is -0.983. The number of phenolic OH excluding ortho intramolecular Hbond substituents is 3. The Morgan fingerprint density at radius 3 is 2.33 bits per heavy atom. The molecule has 8 N–H and O–H groups in total. The van der Waals surface area contributed by atoms with Crippen LogP contribution >= 0.6 is 0 Å². The minimum absolute atomic E-state index is 0.00245. The van der Waals surface area contributed by atoms with Gasteiger partial charge in [0.05, 0.1) is 37.1 Å². The molecule has 1 unspecified atom stereocenters. The predicted molar refractivity (Wildman–Crippen MR) is 136 cm³/mol. The number of allylic oxidation sites excluding steroid dienone is 3. The van der Waals surface area contributed by atoms with Crippen molar-refractivity contribution in [1.82, 2.24) is 15.1 Å². The predicted octanol–water partition coefficient (Wildman–Crippen LogP) is -2.09. The number of hydrogen-bond acceptors (Lipinski definition) is 13. The number of amides is 3. The second kappa shape index (κ2) is 11.7. The normalized spacial score (nSPS) is 24.7. The molecule has 0 radical (unpaired) electrons. The molecule has 3 aliphatic heterocycles. The van der Waals surface area contributed by atoms with Crippen molar-refractivity contribution in [3.05, 3.63) is 52.6 Å². The molecule has 3 saturated heterocycles. The van der Waals surface area contributed by atoms with Crippen LogP contribution in [0.5, 0.6) is 17.2 Å². The number of halogens is 1. The second-order valence-electron chi connectivity index (χ2n) is 9.82. The second-order valence-corrected chi connectivity index (χ2v) is 9.82. The van der Waals surface area contributed by atoms with Gasteiger partial charge in [0.15, 0.2) is 29.1 Å². The maximum atomic E-state index is 15.1. The van der Waals surface area contributed by atoms with E-state index in [1.165, 1.54) is 12.2 Å². The summed E-state index contributed by atoms with van der Waals surface area (Å²) in [5, 5.41) is 73.5. The average Bonchev–Trinajstić information content (AvgIpc) is 3.24. The first-order valence-corrected chi connectivity index (χ1v) is 12.7.